The van der Waals surface area contributed by atoms with Crippen molar-refractivity contribution in [3.8, 4) is 11.6 Å². The zero-order chi connectivity index (χ0) is 25.2. The number of benzene rings is 1. The molecule has 0 atom stereocenters. The Kier molecular flexibility index (Phi) is 7.04. The van der Waals surface area contributed by atoms with E-state index in [0.29, 0.717) is 43.6 Å². The van der Waals surface area contributed by atoms with Crippen molar-refractivity contribution in [1.82, 2.24) is 14.7 Å². The highest BCUT2D eigenvalue weighted by molar-refractivity contribution is 7.90. The van der Waals surface area contributed by atoms with Crippen LogP contribution in [-0.2, 0) is 14.8 Å². The molecule has 1 aliphatic heterocycles. The first-order valence-electron chi connectivity index (χ1n) is 11.2. The molecule has 9 nitrogen and oxygen atoms in total. The minimum Gasteiger partial charge on any atom is -0.438 e. The van der Waals surface area contributed by atoms with Crippen molar-refractivity contribution < 1.29 is 22.7 Å². The fraction of sp³-hybridized carbons (Fsp3) is 0.320. The lowest BCUT2D eigenvalue weighted by atomic mass is 10.1. The molecule has 1 saturated heterocycles. The zero-order valence-electron chi connectivity index (χ0n) is 20.2. The molecule has 3 heterocycles. The second kappa shape index (κ2) is 10.0. The summed E-state index contributed by atoms with van der Waals surface area (Å²) >= 11 is 0. The Labute approximate surface area is 205 Å². The molecule has 0 unspecified atom stereocenters. The first-order chi connectivity index (χ1) is 16.6. The summed E-state index contributed by atoms with van der Waals surface area (Å²) in [5, 5.41) is -0.248. The van der Waals surface area contributed by atoms with Crippen LogP contribution in [0.25, 0.3) is 0 Å². The van der Waals surface area contributed by atoms with E-state index in [2.05, 4.69) is 14.7 Å². The number of hydrogen-bond donors (Lipinski definition) is 1. The van der Waals surface area contributed by atoms with Crippen LogP contribution >= 0.6 is 0 Å². The molecule has 2 aromatic heterocycles. The summed E-state index contributed by atoms with van der Waals surface area (Å²) in [5.41, 5.74) is 3.48. The van der Waals surface area contributed by atoms with Gasteiger partial charge in [0, 0.05) is 18.8 Å². The summed E-state index contributed by atoms with van der Waals surface area (Å²) in [5.74, 6) is 0.261. The Hall–Kier alpha value is -3.50. The van der Waals surface area contributed by atoms with Gasteiger partial charge >= 0.3 is 0 Å². The maximum Gasteiger partial charge on any atom is 0.281 e. The number of aryl methyl sites for hydroxylation is 4. The SMILES string of the molecule is Cc1cc(C)c(Oc2nc(C)ccc2C(=O)NS(=O)(=O)c2cccc(N3CCOCC3)n2)c(C)c1. The van der Waals surface area contributed by atoms with Crippen molar-refractivity contribution in [2.45, 2.75) is 32.7 Å². The van der Waals surface area contributed by atoms with Gasteiger partial charge in [0.25, 0.3) is 15.9 Å². The fourth-order valence-electron chi connectivity index (χ4n) is 3.96. The van der Waals surface area contributed by atoms with Crippen LogP contribution < -0.4 is 14.4 Å². The topological polar surface area (TPSA) is 111 Å². The molecule has 1 N–H and O–H groups in total. The summed E-state index contributed by atoms with van der Waals surface area (Å²) in [7, 11) is -4.24. The van der Waals surface area contributed by atoms with Crippen molar-refractivity contribution >= 4 is 21.7 Å². The van der Waals surface area contributed by atoms with Gasteiger partial charge in [-0.1, -0.05) is 23.8 Å². The van der Waals surface area contributed by atoms with Crippen LogP contribution in [0.3, 0.4) is 0 Å². The molecule has 0 aliphatic carbocycles. The Morgan fingerprint density at radius 1 is 1.00 bits per heavy atom. The van der Waals surface area contributed by atoms with Gasteiger partial charge in [-0.25, -0.2) is 14.7 Å². The van der Waals surface area contributed by atoms with Crippen LogP contribution in [0.5, 0.6) is 11.6 Å². The van der Waals surface area contributed by atoms with E-state index >= 15 is 0 Å². The number of pyridine rings is 2. The molecule has 0 bridgehead atoms. The summed E-state index contributed by atoms with van der Waals surface area (Å²) in [4.78, 5) is 23.7. The standard InChI is InChI=1S/C25H28N4O5S/c1-16-14-17(2)23(18(3)15-16)34-25-20(9-8-19(4)26-25)24(30)28-35(31,32)22-7-5-6-21(27-22)29-10-12-33-13-11-29/h5-9,14-15H,10-13H2,1-4H3,(H,28,30). The van der Waals surface area contributed by atoms with Crippen LogP contribution in [0.4, 0.5) is 5.82 Å². The van der Waals surface area contributed by atoms with Gasteiger partial charge in [0.15, 0.2) is 5.03 Å². The smallest absolute Gasteiger partial charge is 0.281 e. The van der Waals surface area contributed by atoms with Gasteiger partial charge in [-0.15, -0.1) is 0 Å². The van der Waals surface area contributed by atoms with E-state index in [-0.39, 0.29) is 16.5 Å². The molecular formula is C25H28N4O5S. The molecule has 184 valence electrons. The monoisotopic (exact) mass is 496 g/mol. The number of aromatic nitrogens is 2. The van der Waals surface area contributed by atoms with E-state index < -0.39 is 15.9 Å². The van der Waals surface area contributed by atoms with Gasteiger partial charge in [-0.2, -0.15) is 8.42 Å². The van der Waals surface area contributed by atoms with E-state index in [9.17, 15) is 13.2 Å². The number of carbonyl (C=O) groups is 1. The van der Waals surface area contributed by atoms with Crippen molar-refractivity contribution in [3.63, 3.8) is 0 Å². The summed E-state index contributed by atoms with van der Waals surface area (Å²) in [6.07, 6.45) is 0. The molecule has 0 saturated carbocycles. The number of nitrogens with one attached hydrogen (secondary N) is 1. The first kappa shape index (κ1) is 24.6. The molecular weight excluding hydrogens is 468 g/mol. The van der Waals surface area contributed by atoms with Crippen LogP contribution in [0, 0.1) is 27.7 Å². The molecule has 4 rings (SSSR count). The maximum absolute atomic E-state index is 13.1. The third-order valence-corrected chi connectivity index (χ3v) is 6.83. The second-order valence-electron chi connectivity index (χ2n) is 8.50. The molecule has 0 radical (unpaired) electrons. The number of anilines is 1. The minimum atomic E-state index is -4.24. The average molecular weight is 497 g/mol. The van der Waals surface area contributed by atoms with Gasteiger partial charge < -0.3 is 14.4 Å². The van der Waals surface area contributed by atoms with Gasteiger partial charge in [0.1, 0.15) is 17.1 Å². The zero-order valence-corrected chi connectivity index (χ0v) is 21.0. The van der Waals surface area contributed by atoms with Gasteiger partial charge in [0.05, 0.1) is 13.2 Å². The van der Waals surface area contributed by atoms with Crippen molar-refractivity contribution in [3.05, 3.63) is 70.4 Å². The summed E-state index contributed by atoms with van der Waals surface area (Å²) in [6, 6.07) is 11.7. The highest BCUT2D eigenvalue weighted by Crippen LogP contribution is 2.31. The lowest BCUT2D eigenvalue weighted by Gasteiger charge is -2.27. The third-order valence-electron chi connectivity index (χ3n) is 5.59. The number of nitrogens with zero attached hydrogens (tertiary/aromatic N) is 3. The quantitative estimate of drug-likeness (QED) is 0.552. The highest BCUT2D eigenvalue weighted by Gasteiger charge is 2.25. The predicted octanol–water partition coefficient (Wildman–Crippen LogP) is 3.46. The molecule has 1 aromatic carbocycles. The molecule has 1 fully saturated rings. The number of morpholine rings is 1. The lowest BCUT2D eigenvalue weighted by Crippen LogP contribution is -2.37. The lowest BCUT2D eigenvalue weighted by molar-refractivity contribution is 0.0978. The Morgan fingerprint density at radius 3 is 2.37 bits per heavy atom. The van der Waals surface area contributed by atoms with E-state index in [1.54, 1.807) is 25.1 Å². The fourth-order valence-corrected chi connectivity index (χ4v) is 4.89. The molecule has 3 aromatic rings. The summed E-state index contributed by atoms with van der Waals surface area (Å²) in [6.45, 7) is 9.86. The number of sulfonamides is 1. The number of ether oxygens (including phenoxy) is 2. The number of amides is 1. The van der Waals surface area contributed by atoms with Crippen LogP contribution in [0.15, 0.2) is 47.5 Å². The third kappa shape index (κ3) is 5.60. The van der Waals surface area contributed by atoms with E-state index in [0.717, 1.165) is 16.7 Å². The molecule has 1 amide bonds. The van der Waals surface area contributed by atoms with Crippen LogP contribution in [0.2, 0.25) is 0 Å². The summed E-state index contributed by atoms with van der Waals surface area (Å²) < 4.78 is 39.6. The average Bonchev–Trinajstić information content (AvgIpc) is 2.82. The van der Waals surface area contributed by atoms with Crippen LogP contribution in [-0.4, -0.2) is 50.6 Å². The predicted molar refractivity (Wildman–Crippen MR) is 132 cm³/mol. The first-order valence-corrected chi connectivity index (χ1v) is 12.7. The van der Waals surface area contributed by atoms with Crippen LogP contribution in [0.1, 0.15) is 32.7 Å². The number of carbonyl (C=O) groups excluding carboxylic acids is 1. The van der Waals surface area contributed by atoms with E-state index in [1.807, 2.05) is 37.8 Å². The molecule has 35 heavy (non-hydrogen) atoms. The minimum absolute atomic E-state index is 0.00267. The van der Waals surface area contributed by atoms with E-state index in [1.165, 1.54) is 12.1 Å². The normalized spacial score (nSPS) is 14.0. The van der Waals surface area contributed by atoms with Gasteiger partial charge in [-0.05, 0) is 63.1 Å². The molecule has 1 aliphatic rings. The number of hydrogen-bond acceptors (Lipinski definition) is 8. The van der Waals surface area contributed by atoms with E-state index in [4.69, 9.17) is 9.47 Å². The molecule has 10 heteroatoms. The van der Waals surface area contributed by atoms with Crippen molar-refractivity contribution in [2.24, 2.45) is 0 Å². The number of rotatable bonds is 6. The Bertz CT molecular complexity index is 1350. The Morgan fingerprint density at radius 2 is 1.69 bits per heavy atom. The second-order valence-corrected chi connectivity index (χ2v) is 10.1. The molecule has 0 spiro atoms. The van der Waals surface area contributed by atoms with Crippen molar-refractivity contribution in [2.75, 3.05) is 31.2 Å². The van der Waals surface area contributed by atoms with Gasteiger partial charge in [0.2, 0.25) is 5.88 Å². The Balaban J connectivity index is 1.61. The highest BCUT2D eigenvalue weighted by atomic mass is 32.2. The van der Waals surface area contributed by atoms with Crippen molar-refractivity contribution in [1.29, 1.82) is 0 Å². The largest absolute Gasteiger partial charge is 0.438 e. The maximum atomic E-state index is 13.1. The van der Waals surface area contributed by atoms with Gasteiger partial charge in [-0.3, -0.25) is 4.79 Å².